The summed E-state index contributed by atoms with van der Waals surface area (Å²) in [5.74, 6) is 0.165. The van der Waals surface area contributed by atoms with Crippen molar-refractivity contribution in [2.24, 2.45) is 5.92 Å². The predicted molar refractivity (Wildman–Crippen MR) is 80.2 cm³/mol. The minimum Gasteiger partial charge on any atom is -0.497 e. The summed E-state index contributed by atoms with van der Waals surface area (Å²) in [5.41, 5.74) is 1.75. The van der Waals surface area contributed by atoms with Gasteiger partial charge in [0.25, 0.3) is 0 Å². The van der Waals surface area contributed by atoms with Crippen molar-refractivity contribution in [2.75, 3.05) is 7.11 Å². The van der Waals surface area contributed by atoms with Crippen LogP contribution in [0.4, 0.5) is 0 Å². The van der Waals surface area contributed by atoms with Crippen LogP contribution in [0, 0.1) is 17.2 Å². The third-order valence-electron chi connectivity index (χ3n) is 3.55. The van der Waals surface area contributed by atoms with Gasteiger partial charge in [-0.2, -0.15) is 5.26 Å². The standard InChI is InChI=1S/C16H14N2O2S/c1-20-12-6-4-10(5-7-12)14-9-21-16(18-14)13(8-17)15(19)11-2-3-11/h4-7,9,11,13H,2-3H2,1H3. The maximum Gasteiger partial charge on any atom is 0.160 e. The van der Waals surface area contributed by atoms with Gasteiger partial charge in [0.05, 0.1) is 18.9 Å². The second-order valence-corrected chi connectivity index (χ2v) is 5.93. The quantitative estimate of drug-likeness (QED) is 0.848. The minimum absolute atomic E-state index is 0.0214. The number of benzene rings is 1. The van der Waals surface area contributed by atoms with Gasteiger partial charge in [-0.3, -0.25) is 4.79 Å². The number of carbonyl (C=O) groups excluding carboxylic acids is 1. The molecule has 1 saturated carbocycles. The van der Waals surface area contributed by atoms with Crippen LogP contribution in [0.3, 0.4) is 0 Å². The zero-order valence-electron chi connectivity index (χ0n) is 11.6. The van der Waals surface area contributed by atoms with Crippen molar-refractivity contribution >= 4 is 17.1 Å². The van der Waals surface area contributed by atoms with Gasteiger partial charge in [0.2, 0.25) is 0 Å². The number of nitrogens with zero attached hydrogens (tertiary/aromatic N) is 2. The van der Waals surface area contributed by atoms with Gasteiger partial charge < -0.3 is 4.74 Å². The van der Waals surface area contributed by atoms with Gasteiger partial charge in [-0.15, -0.1) is 11.3 Å². The third-order valence-corrected chi connectivity index (χ3v) is 4.46. The molecule has 106 valence electrons. The number of methoxy groups -OCH3 is 1. The van der Waals surface area contributed by atoms with E-state index in [9.17, 15) is 10.1 Å². The molecule has 2 aromatic rings. The average Bonchev–Trinajstić information content (AvgIpc) is 3.27. The first-order valence-corrected chi connectivity index (χ1v) is 7.64. The van der Waals surface area contributed by atoms with Crippen LogP contribution in [0.2, 0.25) is 0 Å². The van der Waals surface area contributed by atoms with Crippen molar-refractivity contribution in [1.29, 1.82) is 5.26 Å². The van der Waals surface area contributed by atoms with E-state index in [2.05, 4.69) is 11.1 Å². The molecule has 1 heterocycles. The fourth-order valence-electron chi connectivity index (χ4n) is 2.16. The van der Waals surface area contributed by atoms with Crippen molar-refractivity contribution in [3.8, 4) is 23.1 Å². The Balaban J connectivity index is 1.84. The fourth-order valence-corrected chi connectivity index (χ4v) is 3.04. The number of rotatable bonds is 5. The maximum absolute atomic E-state index is 12.1. The van der Waals surface area contributed by atoms with Crippen LogP contribution >= 0.6 is 11.3 Å². The van der Waals surface area contributed by atoms with Crippen molar-refractivity contribution in [1.82, 2.24) is 4.98 Å². The normalized spacial score (nSPS) is 15.2. The van der Waals surface area contributed by atoms with E-state index in [0.717, 1.165) is 29.8 Å². The number of aromatic nitrogens is 1. The average molecular weight is 298 g/mol. The predicted octanol–water partition coefficient (Wildman–Crippen LogP) is 3.40. The highest BCUT2D eigenvalue weighted by Gasteiger charge is 2.36. The number of hydrogen-bond acceptors (Lipinski definition) is 5. The molecule has 0 aliphatic heterocycles. The number of Topliss-reactive ketones (excluding diaryl/α,β-unsaturated/α-hetero) is 1. The van der Waals surface area contributed by atoms with E-state index in [1.165, 1.54) is 11.3 Å². The molecule has 0 spiro atoms. The van der Waals surface area contributed by atoms with Crippen molar-refractivity contribution in [3.63, 3.8) is 0 Å². The summed E-state index contributed by atoms with van der Waals surface area (Å²) in [6.07, 6.45) is 1.82. The minimum atomic E-state index is -0.713. The van der Waals surface area contributed by atoms with Gasteiger partial charge >= 0.3 is 0 Å². The van der Waals surface area contributed by atoms with Crippen molar-refractivity contribution in [3.05, 3.63) is 34.7 Å². The van der Waals surface area contributed by atoms with Gasteiger partial charge in [0.15, 0.2) is 11.7 Å². The van der Waals surface area contributed by atoms with Crippen LogP contribution in [-0.2, 0) is 4.79 Å². The number of nitriles is 1. The van der Waals surface area contributed by atoms with Crippen LogP contribution in [0.15, 0.2) is 29.6 Å². The second-order valence-electron chi connectivity index (χ2n) is 5.04. The van der Waals surface area contributed by atoms with Crippen molar-refractivity contribution < 1.29 is 9.53 Å². The zero-order valence-corrected chi connectivity index (χ0v) is 12.4. The molecule has 0 N–H and O–H groups in total. The Hall–Kier alpha value is -2.19. The van der Waals surface area contributed by atoms with E-state index in [0.29, 0.717) is 5.01 Å². The monoisotopic (exact) mass is 298 g/mol. The molecule has 1 unspecified atom stereocenters. The summed E-state index contributed by atoms with van der Waals surface area (Å²) < 4.78 is 5.13. The Kier molecular flexibility index (Phi) is 3.72. The molecule has 1 aromatic carbocycles. The first-order chi connectivity index (χ1) is 10.2. The van der Waals surface area contributed by atoms with Crippen LogP contribution in [0.1, 0.15) is 23.8 Å². The lowest BCUT2D eigenvalue weighted by Gasteiger charge is -2.03. The topological polar surface area (TPSA) is 63.0 Å². The first-order valence-electron chi connectivity index (χ1n) is 6.76. The first kappa shape index (κ1) is 13.8. The lowest BCUT2D eigenvalue weighted by atomic mass is 10.0. The molecule has 1 aliphatic rings. The fraction of sp³-hybridized carbons (Fsp3) is 0.312. The van der Waals surface area contributed by atoms with E-state index >= 15 is 0 Å². The summed E-state index contributed by atoms with van der Waals surface area (Å²) >= 11 is 1.37. The molecule has 0 radical (unpaired) electrons. The lowest BCUT2D eigenvalue weighted by Crippen LogP contribution is -2.12. The van der Waals surface area contributed by atoms with Gasteiger partial charge in [0.1, 0.15) is 10.8 Å². The number of thiazole rings is 1. The van der Waals surface area contributed by atoms with E-state index < -0.39 is 5.92 Å². The molecule has 1 aromatic heterocycles. The Bertz CT molecular complexity index is 696. The Morgan fingerprint density at radius 1 is 1.43 bits per heavy atom. The van der Waals surface area contributed by atoms with Crippen LogP contribution in [0.25, 0.3) is 11.3 Å². The summed E-state index contributed by atoms with van der Waals surface area (Å²) in [7, 11) is 1.62. The number of hydrogen-bond donors (Lipinski definition) is 0. The Morgan fingerprint density at radius 3 is 2.71 bits per heavy atom. The molecule has 3 rings (SSSR count). The molecular weight excluding hydrogens is 284 g/mol. The highest BCUT2D eigenvalue weighted by atomic mass is 32.1. The van der Waals surface area contributed by atoms with Crippen LogP contribution in [0.5, 0.6) is 5.75 Å². The van der Waals surface area contributed by atoms with Gasteiger partial charge in [0, 0.05) is 16.9 Å². The number of carbonyl (C=O) groups is 1. The van der Waals surface area contributed by atoms with Gasteiger partial charge in [-0.1, -0.05) is 0 Å². The highest BCUT2D eigenvalue weighted by molar-refractivity contribution is 7.10. The summed E-state index contributed by atoms with van der Waals surface area (Å²) in [4.78, 5) is 16.6. The Labute approximate surface area is 127 Å². The summed E-state index contributed by atoms with van der Waals surface area (Å²) in [6, 6.07) is 9.67. The molecule has 1 atom stereocenters. The van der Waals surface area contributed by atoms with Crippen molar-refractivity contribution in [2.45, 2.75) is 18.8 Å². The van der Waals surface area contributed by atoms with E-state index in [4.69, 9.17) is 4.74 Å². The summed E-state index contributed by atoms with van der Waals surface area (Å²) in [5, 5.41) is 11.7. The number of ketones is 1. The SMILES string of the molecule is COc1ccc(-c2csc(C(C#N)C(=O)C3CC3)n2)cc1. The summed E-state index contributed by atoms with van der Waals surface area (Å²) in [6.45, 7) is 0. The molecule has 1 fully saturated rings. The Morgan fingerprint density at radius 2 is 2.14 bits per heavy atom. The molecule has 0 bridgehead atoms. The molecule has 4 nitrogen and oxygen atoms in total. The van der Waals surface area contributed by atoms with E-state index in [-0.39, 0.29) is 11.7 Å². The highest BCUT2D eigenvalue weighted by Crippen LogP contribution is 2.37. The van der Waals surface area contributed by atoms with E-state index in [1.807, 2.05) is 29.6 Å². The third kappa shape index (κ3) is 2.81. The molecule has 5 heteroatoms. The molecule has 21 heavy (non-hydrogen) atoms. The second kappa shape index (κ2) is 5.66. The van der Waals surface area contributed by atoms with E-state index in [1.54, 1.807) is 7.11 Å². The molecular formula is C16H14N2O2S. The molecule has 0 saturated heterocycles. The molecule has 0 amide bonds. The maximum atomic E-state index is 12.1. The van der Waals surface area contributed by atoms with Crippen LogP contribution < -0.4 is 4.74 Å². The van der Waals surface area contributed by atoms with Crippen LogP contribution in [-0.4, -0.2) is 17.9 Å². The zero-order chi connectivity index (χ0) is 14.8. The van der Waals surface area contributed by atoms with Gasteiger partial charge in [-0.05, 0) is 37.1 Å². The lowest BCUT2D eigenvalue weighted by molar-refractivity contribution is -0.120. The smallest absolute Gasteiger partial charge is 0.160 e. The molecule has 1 aliphatic carbocycles. The largest absolute Gasteiger partial charge is 0.497 e. The number of ether oxygens (including phenoxy) is 1. The van der Waals surface area contributed by atoms with Gasteiger partial charge in [-0.25, -0.2) is 4.98 Å².